The minimum atomic E-state index is -0.376. The number of nitrogens with zero attached hydrogens (tertiary/aromatic N) is 1. The van der Waals surface area contributed by atoms with Crippen LogP contribution in [0.25, 0.3) is 0 Å². The van der Waals surface area contributed by atoms with E-state index in [1.165, 1.54) is 13.2 Å². The van der Waals surface area contributed by atoms with Crippen molar-refractivity contribution in [3.05, 3.63) is 29.6 Å². The van der Waals surface area contributed by atoms with E-state index >= 15 is 0 Å². The molecule has 0 spiro atoms. The second kappa shape index (κ2) is 5.79. The van der Waals surface area contributed by atoms with Crippen LogP contribution in [0.2, 0.25) is 0 Å². The average molecular weight is 227 g/mol. The molecule has 16 heavy (non-hydrogen) atoms. The molecule has 0 aliphatic carbocycles. The molecule has 0 saturated carbocycles. The quantitative estimate of drug-likeness (QED) is 0.579. The average Bonchev–Trinajstić information content (AvgIpc) is 2.25. The number of nitrogens with one attached hydrogen (secondary N) is 1. The maximum atomic E-state index is 13.5. The number of ether oxygens (including phenoxy) is 1. The fourth-order valence-corrected chi connectivity index (χ4v) is 1.52. The maximum absolute atomic E-state index is 13.5. The smallest absolute Gasteiger partial charge is 0.165 e. The Kier molecular flexibility index (Phi) is 4.67. The van der Waals surface area contributed by atoms with E-state index in [1.807, 2.05) is 19.0 Å². The van der Waals surface area contributed by atoms with Gasteiger partial charge in [-0.3, -0.25) is 11.3 Å². The van der Waals surface area contributed by atoms with Crippen LogP contribution in [-0.2, 0) is 0 Å². The molecule has 0 fully saturated rings. The van der Waals surface area contributed by atoms with Gasteiger partial charge in [-0.15, -0.1) is 0 Å². The van der Waals surface area contributed by atoms with E-state index in [0.29, 0.717) is 6.54 Å². The van der Waals surface area contributed by atoms with Gasteiger partial charge in [-0.25, -0.2) is 4.39 Å². The van der Waals surface area contributed by atoms with Crippen molar-refractivity contribution in [2.75, 3.05) is 27.7 Å². The Hall–Kier alpha value is -1.17. The highest BCUT2D eigenvalue weighted by atomic mass is 19.1. The number of benzene rings is 1. The van der Waals surface area contributed by atoms with Gasteiger partial charge < -0.3 is 9.64 Å². The molecule has 0 saturated heterocycles. The van der Waals surface area contributed by atoms with Gasteiger partial charge in [-0.2, -0.15) is 0 Å². The van der Waals surface area contributed by atoms with Gasteiger partial charge in [0, 0.05) is 6.54 Å². The molecule has 0 aromatic heterocycles. The number of nitrogens with two attached hydrogens (primary N) is 1. The molecule has 1 atom stereocenters. The zero-order valence-corrected chi connectivity index (χ0v) is 9.83. The normalized spacial score (nSPS) is 12.9. The molecule has 0 radical (unpaired) electrons. The minimum Gasteiger partial charge on any atom is -0.494 e. The molecule has 5 heteroatoms. The van der Waals surface area contributed by atoms with Crippen molar-refractivity contribution in [1.82, 2.24) is 10.3 Å². The van der Waals surface area contributed by atoms with E-state index in [2.05, 4.69) is 5.43 Å². The van der Waals surface area contributed by atoms with E-state index < -0.39 is 0 Å². The number of halogens is 1. The molecule has 1 aromatic rings. The Balaban J connectivity index is 2.89. The molecule has 1 rings (SSSR count). The summed E-state index contributed by atoms with van der Waals surface area (Å²) in [7, 11) is 5.31. The van der Waals surface area contributed by atoms with Crippen LogP contribution in [0.3, 0.4) is 0 Å². The largest absolute Gasteiger partial charge is 0.494 e. The monoisotopic (exact) mass is 227 g/mol. The first kappa shape index (κ1) is 12.9. The molecular weight excluding hydrogens is 209 g/mol. The third kappa shape index (κ3) is 3.16. The van der Waals surface area contributed by atoms with Gasteiger partial charge in [0.05, 0.1) is 13.2 Å². The van der Waals surface area contributed by atoms with Gasteiger partial charge >= 0.3 is 0 Å². The van der Waals surface area contributed by atoms with Crippen LogP contribution in [0.15, 0.2) is 18.2 Å². The van der Waals surface area contributed by atoms with E-state index in [0.717, 1.165) is 5.56 Å². The highest BCUT2D eigenvalue weighted by Gasteiger charge is 2.13. The summed E-state index contributed by atoms with van der Waals surface area (Å²) in [6.07, 6.45) is 0. The fraction of sp³-hybridized carbons (Fsp3) is 0.455. The minimum absolute atomic E-state index is 0.101. The van der Waals surface area contributed by atoms with E-state index in [1.54, 1.807) is 12.1 Å². The molecule has 4 nitrogen and oxygen atoms in total. The van der Waals surface area contributed by atoms with E-state index in [-0.39, 0.29) is 17.6 Å². The van der Waals surface area contributed by atoms with Crippen molar-refractivity contribution in [2.45, 2.75) is 6.04 Å². The van der Waals surface area contributed by atoms with Gasteiger partial charge in [0.1, 0.15) is 0 Å². The Bertz CT molecular complexity index is 344. The predicted molar refractivity (Wildman–Crippen MR) is 61.6 cm³/mol. The second-order valence-corrected chi connectivity index (χ2v) is 3.88. The van der Waals surface area contributed by atoms with Crippen LogP contribution >= 0.6 is 0 Å². The van der Waals surface area contributed by atoms with Crippen molar-refractivity contribution in [3.63, 3.8) is 0 Å². The first-order chi connectivity index (χ1) is 7.58. The number of rotatable bonds is 5. The molecule has 0 amide bonds. The van der Waals surface area contributed by atoms with Crippen molar-refractivity contribution in [1.29, 1.82) is 0 Å². The van der Waals surface area contributed by atoms with Crippen molar-refractivity contribution in [2.24, 2.45) is 5.84 Å². The number of hydrazine groups is 1. The summed E-state index contributed by atoms with van der Waals surface area (Å²) in [5.74, 6) is 5.31. The Morgan fingerprint density at radius 3 is 2.62 bits per heavy atom. The Labute approximate surface area is 95.2 Å². The van der Waals surface area contributed by atoms with Gasteiger partial charge in [-0.1, -0.05) is 6.07 Å². The van der Waals surface area contributed by atoms with Gasteiger partial charge in [0.25, 0.3) is 0 Å². The number of methoxy groups -OCH3 is 1. The SMILES string of the molecule is COc1ccc(C(CN(C)C)NN)cc1F. The highest BCUT2D eigenvalue weighted by Crippen LogP contribution is 2.21. The van der Waals surface area contributed by atoms with Crippen molar-refractivity contribution >= 4 is 0 Å². The lowest BCUT2D eigenvalue weighted by Crippen LogP contribution is -2.35. The van der Waals surface area contributed by atoms with Crippen LogP contribution in [-0.4, -0.2) is 32.6 Å². The summed E-state index contributed by atoms with van der Waals surface area (Å²) in [6, 6.07) is 4.74. The lowest BCUT2D eigenvalue weighted by atomic mass is 10.1. The summed E-state index contributed by atoms with van der Waals surface area (Å²) in [5.41, 5.74) is 3.47. The van der Waals surface area contributed by atoms with Crippen molar-refractivity contribution in [3.8, 4) is 5.75 Å². The Morgan fingerprint density at radius 1 is 1.50 bits per heavy atom. The molecule has 3 N–H and O–H groups in total. The predicted octanol–water partition coefficient (Wildman–Crippen LogP) is 0.900. The second-order valence-electron chi connectivity index (χ2n) is 3.88. The van der Waals surface area contributed by atoms with Crippen LogP contribution in [0, 0.1) is 5.82 Å². The molecule has 0 heterocycles. The van der Waals surface area contributed by atoms with Crippen molar-refractivity contribution < 1.29 is 9.13 Å². The lowest BCUT2D eigenvalue weighted by molar-refractivity contribution is 0.342. The Morgan fingerprint density at radius 2 is 2.19 bits per heavy atom. The molecule has 1 aromatic carbocycles. The summed E-state index contributed by atoms with van der Waals surface area (Å²) in [4.78, 5) is 1.98. The van der Waals surface area contributed by atoms with E-state index in [9.17, 15) is 4.39 Å². The number of hydrogen-bond acceptors (Lipinski definition) is 4. The van der Waals surface area contributed by atoms with E-state index in [4.69, 9.17) is 10.6 Å². The topological polar surface area (TPSA) is 50.5 Å². The fourth-order valence-electron chi connectivity index (χ4n) is 1.52. The molecule has 1 unspecified atom stereocenters. The standard InChI is InChI=1S/C11H18FN3O/c1-15(2)7-10(14-13)8-4-5-11(16-3)9(12)6-8/h4-6,10,14H,7,13H2,1-3H3. The zero-order chi connectivity index (χ0) is 12.1. The third-order valence-corrected chi connectivity index (χ3v) is 2.33. The molecule has 0 bridgehead atoms. The van der Waals surface area contributed by atoms with Crippen LogP contribution < -0.4 is 16.0 Å². The highest BCUT2D eigenvalue weighted by molar-refractivity contribution is 5.31. The lowest BCUT2D eigenvalue weighted by Gasteiger charge is -2.20. The van der Waals surface area contributed by atoms with Crippen LogP contribution in [0.5, 0.6) is 5.75 Å². The first-order valence-corrected chi connectivity index (χ1v) is 5.02. The maximum Gasteiger partial charge on any atom is 0.165 e. The number of likely N-dealkylation sites (N-methyl/N-ethyl adjacent to an activating group) is 1. The third-order valence-electron chi connectivity index (χ3n) is 2.33. The summed E-state index contributed by atoms with van der Waals surface area (Å²) >= 11 is 0. The number of hydrogen-bond donors (Lipinski definition) is 2. The van der Waals surface area contributed by atoms with Crippen LogP contribution in [0.4, 0.5) is 4.39 Å². The molecule has 90 valence electrons. The zero-order valence-electron chi connectivity index (χ0n) is 9.83. The molecule has 0 aliphatic heterocycles. The van der Waals surface area contributed by atoms with Gasteiger partial charge in [-0.05, 0) is 31.8 Å². The summed E-state index contributed by atoms with van der Waals surface area (Å²) in [5, 5.41) is 0. The first-order valence-electron chi connectivity index (χ1n) is 5.02. The van der Waals surface area contributed by atoms with Gasteiger partial charge in [0.15, 0.2) is 11.6 Å². The summed E-state index contributed by atoms with van der Waals surface area (Å²) < 4.78 is 18.3. The van der Waals surface area contributed by atoms with Crippen LogP contribution in [0.1, 0.15) is 11.6 Å². The molecule has 0 aliphatic rings. The molecular formula is C11H18FN3O. The summed E-state index contributed by atoms with van der Waals surface area (Å²) in [6.45, 7) is 0.697. The van der Waals surface area contributed by atoms with Gasteiger partial charge in [0.2, 0.25) is 0 Å².